The molecule has 2 heterocycles. The van der Waals surface area contributed by atoms with Crippen LogP contribution in [0.3, 0.4) is 0 Å². The highest BCUT2D eigenvalue weighted by Crippen LogP contribution is 2.21. The molecule has 0 aromatic carbocycles. The normalized spacial score (nSPS) is 21.8. The number of aromatic nitrogens is 2. The van der Waals surface area contributed by atoms with Crippen LogP contribution in [0.25, 0.3) is 0 Å². The predicted molar refractivity (Wildman–Crippen MR) is 57.8 cm³/mol. The van der Waals surface area contributed by atoms with Crippen molar-refractivity contribution in [3.63, 3.8) is 0 Å². The summed E-state index contributed by atoms with van der Waals surface area (Å²) in [5, 5.41) is 7.37. The molecule has 0 saturated carbocycles. The fourth-order valence-electron chi connectivity index (χ4n) is 1.93. The van der Waals surface area contributed by atoms with Gasteiger partial charge in [0.2, 0.25) is 5.89 Å². The Morgan fingerprint density at radius 3 is 3.20 bits per heavy atom. The molecule has 0 spiro atoms. The van der Waals surface area contributed by atoms with Gasteiger partial charge in [-0.05, 0) is 25.8 Å². The van der Waals surface area contributed by atoms with Crippen LogP contribution in [-0.2, 0) is 6.42 Å². The lowest BCUT2D eigenvalue weighted by molar-refractivity contribution is 0.320. The first-order chi connectivity index (χ1) is 7.40. The van der Waals surface area contributed by atoms with Crippen LogP contribution < -0.4 is 5.32 Å². The molecular weight excluding hydrogens is 190 g/mol. The highest BCUT2D eigenvalue weighted by atomic mass is 16.5. The van der Waals surface area contributed by atoms with E-state index < -0.39 is 0 Å². The molecule has 1 atom stereocenters. The molecule has 4 nitrogen and oxygen atoms in total. The zero-order valence-corrected chi connectivity index (χ0v) is 9.33. The van der Waals surface area contributed by atoms with Gasteiger partial charge in [0.15, 0.2) is 5.82 Å². The third-order valence-electron chi connectivity index (χ3n) is 2.88. The quantitative estimate of drug-likeness (QED) is 0.822. The largest absolute Gasteiger partial charge is 0.339 e. The zero-order chi connectivity index (χ0) is 10.5. The maximum absolute atomic E-state index is 5.30. The molecule has 84 valence electrons. The zero-order valence-electron chi connectivity index (χ0n) is 9.33. The Kier molecular flexibility index (Phi) is 3.72. The molecule has 0 amide bonds. The van der Waals surface area contributed by atoms with Crippen LogP contribution >= 0.6 is 0 Å². The molecule has 1 aliphatic heterocycles. The monoisotopic (exact) mass is 209 g/mol. The Morgan fingerprint density at radius 2 is 2.47 bits per heavy atom. The standard InChI is InChI=1S/C11H19N3O/c1-2-3-6-10-13-11(15-14-10)9-5-4-7-12-8-9/h9,12H,2-8H2,1H3/t9-/m1/s1. The first kappa shape index (κ1) is 10.6. The summed E-state index contributed by atoms with van der Waals surface area (Å²) in [4.78, 5) is 4.45. The van der Waals surface area contributed by atoms with Crippen LogP contribution in [0.5, 0.6) is 0 Å². The number of unbranched alkanes of at least 4 members (excludes halogenated alkanes) is 1. The molecule has 4 heteroatoms. The summed E-state index contributed by atoms with van der Waals surface area (Å²) in [6.45, 7) is 4.27. The second-order valence-electron chi connectivity index (χ2n) is 4.20. The minimum Gasteiger partial charge on any atom is -0.339 e. The summed E-state index contributed by atoms with van der Waals surface area (Å²) < 4.78 is 5.30. The van der Waals surface area contributed by atoms with Crippen molar-refractivity contribution in [3.05, 3.63) is 11.7 Å². The third kappa shape index (κ3) is 2.78. The number of piperidine rings is 1. The summed E-state index contributed by atoms with van der Waals surface area (Å²) >= 11 is 0. The van der Waals surface area contributed by atoms with Crippen molar-refractivity contribution in [1.29, 1.82) is 0 Å². The van der Waals surface area contributed by atoms with E-state index in [2.05, 4.69) is 22.4 Å². The van der Waals surface area contributed by atoms with Crippen LogP contribution in [0.2, 0.25) is 0 Å². The third-order valence-corrected chi connectivity index (χ3v) is 2.88. The molecule has 0 radical (unpaired) electrons. The number of aryl methyl sites for hydroxylation is 1. The van der Waals surface area contributed by atoms with Crippen LogP contribution in [0, 0.1) is 0 Å². The minimum atomic E-state index is 0.432. The average molecular weight is 209 g/mol. The Labute approximate surface area is 90.4 Å². The van der Waals surface area contributed by atoms with Crippen molar-refractivity contribution < 1.29 is 4.52 Å². The van der Waals surface area contributed by atoms with E-state index in [9.17, 15) is 0 Å². The van der Waals surface area contributed by atoms with E-state index in [1.165, 1.54) is 19.3 Å². The molecule has 1 aliphatic rings. The fourth-order valence-corrected chi connectivity index (χ4v) is 1.93. The Balaban J connectivity index is 1.93. The molecule has 2 rings (SSSR count). The van der Waals surface area contributed by atoms with Gasteiger partial charge in [-0.1, -0.05) is 18.5 Å². The van der Waals surface area contributed by atoms with Gasteiger partial charge >= 0.3 is 0 Å². The van der Waals surface area contributed by atoms with E-state index in [0.717, 1.165) is 37.6 Å². The second kappa shape index (κ2) is 5.26. The smallest absolute Gasteiger partial charge is 0.231 e. The Hall–Kier alpha value is -0.900. The number of nitrogens with one attached hydrogen (secondary N) is 1. The first-order valence-corrected chi connectivity index (χ1v) is 5.93. The van der Waals surface area contributed by atoms with E-state index in [-0.39, 0.29) is 0 Å². The van der Waals surface area contributed by atoms with Crippen molar-refractivity contribution in [3.8, 4) is 0 Å². The summed E-state index contributed by atoms with van der Waals surface area (Å²) in [5.41, 5.74) is 0. The average Bonchev–Trinajstić information content (AvgIpc) is 2.76. The molecule has 15 heavy (non-hydrogen) atoms. The van der Waals surface area contributed by atoms with Crippen LogP contribution in [0.4, 0.5) is 0 Å². The molecule has 1 fully saturated rings. The molecule has 0 bridgehead atoms. The number of hydrogen-bond donors (Lipinski definition) is 1. The van der Waals surface area contributed by atoms with Crippen LogP contribution in [0.15, 0.2) is 4.52 Å². The van der Waals surface area contributed by atoms with Gasteiger partial charge in [0.1, 0.15) is 0 Å². The van der Waals surface area contributed by atoms with E-state index >= 15 is 0 Å². The lowest BCUT2D eigenvalue weighted by Gasteiger charge is -2.18. The second-order valence-corrected chi connectivity index (χ2v) is 4.20. The molecule has 1 N–H and O–H groups in total. The van der Waals surface area contributed by atoms with Gasteiger partial charge < -0.3 is 9.84 Å². The maximum atomic E-state index is 5.30. The summed E-state index contributed by atoms with van der Waals surface area (Å²) in [7, 11) is 0. The summed E-state index contributed by atoms with van der Waals surface area (Å²) in [6, 6.07) is 0. The number of rotatable bonds is 4. The highest BCUT2D eigenvalue weighted by Gasteiger charge is 2.20. The van der Waals surface area contributed by atoms with Crippen molar-refractivity contribution >= 4 is 0 Å². The van der Waals surface area contributed by atoms with E-state index in [0.29, 0.717) is 5.92 Å². The van der Waals surface area contributed by atoms with E-state index in [1.807, 2.05) is 0 Å². The van der Waals surface area contributed by atoms with Gasteiger partial charge in [-0.2, -0.15) is 4.98 Å². The van der Waals surface area contributed by atoms with Gasteiger partial charge in [0, 0.05) is 13.0 Å². The fraction of sp³-hybridized carbons (Fsp3) is 0.818. The highest BCUT2D eigenvalue weighted by molar-refractivity contribution is 4.96. The molecule has 0 unspecified atom stereocenters. The van der Waals surface area contributed by atoms with Gasteiger partial charge in [0.05, 0.1) is 5.92 Å². The lowest BCUT2D eigenvalue weighted by Crippen LogP contribution is -2.28. The Bertz CT molecular complexity index is 292. The van der Waals surface area contributed by atoms with Gasteiger partial charge in [-0.25, -0.2) is 0 Å². The SMILES string of the molecule is CCCCc1noc([C@@H]2CCCNC2)n1. The van der Waals surface area contributed by atoms with Crippen molar-refractivity contribution in [2.45, 2.75) is 44.9 Å². The van der Waals surface area contributed by atoms with Gasteiger partial charge in [0.25, 0.3) is 0 Å². The number of hydrogen-bond acceptors (Lipinski definition) is 4. The van der Waals surface area contributed by atoms with Crippen molar-refractivity contribution in [2.24, 2.45) is 0 Å². The first-order valence-electron chi connectivity index (χ1n) is 5.93. The minimum absolute atomic E-state index is 0.432. The molecule has 1 saturated heterocycles. The van der Waals surface area contributed by atoms with Crippen LogP contribution in [-0.4, -0.2) is 23.2 Å². The molecular formula is C11H19N3O. The predicted octanol–water partition coefficient (Wildman–Crippen LogP) is 1.88. The molecule has 1 aromatic rings. The number of nitrogens with zero attached hydrogens (tertiary/aromatic N) is 2. The van der Waals surface area contributed by atoms with Crippen LogP contribution in [0.1, 0.15) is 50.2 Å². The molecule has 0 aliphatic carbocycles. The van der Waals surface area contributed by atoms with E-state index in [1.54, 1.807) is 0 Å². The summed E-state index contributed by atoms with van der Waals surface area (Å²) in [6.07, 6.45) is 5.64. The summed E-state index contributed by atoms with van der Waals surface area (Å²) in [5.74, 6) is 2.13. The maximum Gasteiger partial charge on any atom is 0.231 e. The molecule has 1 aromatic heterocycles. The lowest BCUT2D eigenvalue weighted by atomic mass is 10.00. The Morgan fingerprint density at radius 1 is 1.53 bits per heavy atom. The van der Waals surface area contributed by atoms with Gasteiger partial charge in [-0.15, -0.1) is 0 Å². The van der Waals surface area contributed by atoms with E-state index in [4.69, 9.17) is 4.52 Å². The van der Waals surface area contributed by atoms with Crippen molar-refractivity contribution in [2.75, 3.05) is 13.1 Å². The van der Waals surface area contributed by atoms with Gasteiger partial charge in [-0.3, -0.25) is 0 Å². The van der Waals surface area contributed by atoms with Crippen molar-refractivity contribution in [1.82, 2.24) is 15.5 Å². The topological polar surface area (TPSA) is 51.0 Å².